The summed E-state index contributed by atoms with van der Waals surface area (Å²) in [7, 11) is 2.05. The zero-order valence-corrected chi connectivity index (χ0v) is 16.9. The minimum absolute atomic E-state index is 0.384. The highest BCUT2D eigenvalue weighted by atomic mass is 35.5. The first kappa shape index (κ1) is 19.1. The van der Waals surface area contributed by atoms with Crippen LogP contribution in [0.2, 0.25) is 10.0 Å². The maximum atomic E-state index is 6.23. The number of nitrogens with zero attached hydrogens (tertiary/aromatic N) is 6. The van der Waals surface area contributed by atoms with Crippen molar-refractivity contribution in [1.82, 2.24) is 25.3 Å². The lowest BCUT2D eigenvalue weighted by Crippen LogP contribution is -2.39. The van der Waals surface area contributed by atoms with Crippen LogP contribution in [0.4, 0.5) is 5.82 Å². The zero-order chi connectivity index (χ0) is 19.5. The molecule has 0 N–H and O–H groups in total. The highest BCUT2D eigenvalue weighted by Gasteiger charge is 2.27. The third-order valence-corrected chi connectivity index (χ3v) is 5.33. The van der Waals surface area contributed by atoms with Crippen molar-refractivity contribution in [2.24, 2.45) is 0 Å². The van der Waals surface area contributed by atoms with Gasteiger partial charge in [-0.3, -0.25) is 4.90 Å². The Kier molecular flexibility index (Phi) is 5.75. The minimum atomic E-state index is 0.384. The summed E-state index contributed by atoms with van der Waals surface area (Å²) < 4.78 is 5.81. The van der Waals surface area contributed by atoms with E-state index in [1.54, 1.807) is 24.4 Å². The van der Waals surface area contributed by atoms with Crippen LogP contribution in [0.3, 0.4) is 0 Å². The van der Waals surface area contributed by atoms with E-state index in [0.717, 1.165) is 31.7 Å². The van der Waals surface area contributed by atoms with Crippen molar-refractivity contribution >= 4 is 29.0 Å². The molecule has 1 fully saturated rings. The molecule has 1 saturated heterocycles. The molecule has 1 aromatic carbocycles. The fourth-order valence-corrected chi connectivity index (χ4v) is 4.01. The quantitative estimate of drug-likeness (QED) is 0.600. The Morgan fingerprint density at radius 2 is 2.11 bits per heavy atom. The van der Waals surface area contributed by atoms with E-state index in [1.807, 2.05) is 19.2 Å². The minimum Gasteiger partial charge on any atom is -0.419 e. The third kappa shape index (κ3) is 4.27. The Hall–Kier alpha value is -2.22. The van der Waals surface area contributed by atoms with Gasteiger partial charge >= 0.3 is 0 Å². The highest BCUT2D eigenvalue weighted by molar-refractivity contribution is 6.36. The summed E-state index contributed by atoms with van der Waals surface area (Å²) in [6.45, 7) is 2.43. The van der Waals surface area contributed by atoms with Crippen molar-refractivity contribution in [2.75, 3.05) is 25.0 Å². The molecule has 0 bridgehead atoms. The van der Waals surface area contributed by atoms with Crippen molar-refractivity contribution in [3.63, 3.8) is 0 Å². The van der Waals surface area contributed by atoms with Gasteiger partial charge in [0.15, 0.2) is 5.82 Å². The average molecular weight is 419 g/mol. The van der Waals surface area contributed by atoms with Gasteiger partial charge in [-0.05, 0) is 50.2 Å². The molecule has 0 saturated carbocycles. The van der Waals surface area contributed by atoms with Crippen LogP contribution in [-0.4, -0.2) is 51.5 Å². The molecule has 146 valence electrons. The van der Waals surface area contributed by atoms with E-state index in [2.05, 4.69) is 30.2 Å². The van der Waals surface area contributed by atoms with Crippen molar-refractivity contribution in [2.45, 2.75) is 25.4 Å². The molecule has 4 rings (SSSR count). The first-order valence-corrected chi connectivity index (χ1v) is 9.86. The summed E-state index contributed by atoms with van der Waals surface area (Å²) in [5, 5.41) is 17.6. The van der Waals surface area contributed by atoms with Gasteiger partial charge in [0, 0.05) is 30.4 Å². The van der Waals surface area contributed by atoms with E-state index in [-0.39, 0.29) is 0 Å². The monoisotopic (exact) mass is 418 g/mol. The summed E-state index contributed by atoms with van der Waals surface area (Å²) >= 11 is 12.2. The van der Waals surface area contributed by atoms with Crippen molar-refractivity contribution in [3.8, 4) is 11.5 Å². The molecule has 1 unspecified atom stereocenters. The van der Waals surface area contributed by atoms with Crippen LogP contribution in [-0.2, 0) is 6.54 Å². The normalized spacial score (nSPS) is 16.9. The maximum Gasteiger partial charge on any atom is 0.249 e. The molecule has 1 aliphatic heterocycles. The summed E-state index contributed by atoms with van der Waals surface area (Å²) in [4.78, 5) is 4.50. The standard InChI is InChI=1S/C19H20Cl2N6O/c1-26(11-14-4-3-9-27(14)17-5-2-8-22-23-17)12-18-24-25-19(28-18)15-7-6-13(20)10-16(15)21/h2,5-8,10,14H,3-4,9,11-12H2,1H3. The molecule has 3 heterocycles. The van der Waals surface area contributed by atoms with Gasteiger partial charge in [-0.15, -0.1) is 15.3 Å². The highest BCUT2D eigenvalue weighted by Crippen LogP contribution is 2.29. The molecule has 28 heavy (non-hydrogen) atoms. The summed E-state index contributed by atoms with van der Waals surface area (Å²) in [6.07, 6.45) is 3.96. The van der Waals surface area contributed by atoms with Gasteiger partial charge in [0.05, 0.1) is 17.1 Å². The van der Waals surface area contributed by atoms with Gasteiger partial charge in [-0.2, -0.15) is 5.10 Å². The Morgan fingerprint density at radius 3 is 2.89 bits per heavy atom. The SMILES string of the molecule is CN(Cc1nnc(-c2ccc(Cl)cc2Cl)o1)CC1CCCN1c1cccnn1. The maximum absolute atomic E-state index is 6.23. The van der Waals surface area contributed by atoms with Crippen molar-refractivity contribution in [3.05, 3.63) is 52.5 Å². The van der Waals surface area contributed by atoms with E-state index in [4.69, 9.17) is 27.6 Å². The van der Waals surface area contributed by atoms with Crippen LogP contribution < -0.4 is 4.90 Å². The smallest absolute Gasteiger partial charge is 0.249 e. The number of likely N-dealkylation sites (N-methyl/N-ethyl adjacent to an activating group) is 1. The topological polar surface area (TPSA) is 71.2 Å². The van der Waals surface area contributed by atoms with Crippen LogP contribution in [0.5, 0.6) is 0 Å². The second-order valence-electron chi connectivity index (χ2n) is 6.89. The third-order valence-electron chi connectivity index (χ3n) is 4.79. The molecular formula is C19H20Cl2N6O. The summed E-state index contributed by atoms with van der Waals surface area (Å²) in [6, 6.07) is 9.50. The number of aromatic nitrogens is 4. The van der Waals surface area contributed by atoms with E-state index in [1.165, 1.54) is 0 Å². The van der Waals surface area contributed by atoms with Gasteiger partial charge in [-0.25, -0.2) is 0 Å². The molecule has 0 radical (unpaired) electrons. The predicted octanol–water partition coefficient (Wildman–Crippen LogP) is 3.93. The van der Waals surface area contributed by atoms with E-state index < -0.39 is 0 Å². The van der Waals surface area contributed by atoms with Crippen molar-refractivity contribution in [1.29, 1.82) is 0 Å². The molecule has 1 aliphatic rings. The van der Waals surface area contributed by atoms with Gasteiger partial charge in [-0.1, -0.05) is 23.2 Å². The first-order chi connectivity index (χ1) is 13.6. The van der Waals surface area contributed by atoms with Crippen LogP contribution in [0, 0.1) is 0 Å². The molecule has 3 aromatic rings. The molecule has 1 atom stereocenters. The molecule has 0 aliphatic carbocycles. The molecule has 7 nitrogen and oxygen atoms in total. The van der Waals surface area contributed by atoms with Gasteiger partial charge in [0.25, 0.3) is 0 Å². The van der Waals surface area contributed by atoms with E-state index in [9.17, 15) is 0 Å². The average Bonchev–Trinajstić information content (AvgIpc) is 3.32. The fraction of sp³-hybridized carbons (Fsp3) is 0.368. The van der Waals surface area contributed by atoms with Gasteiger partial charge in [0.2, 0.25) is 11.8 Å². The first-order valence-electron chi connectivity index (χ1n) is 9.11. The van der Waals surface area contributed by atoms with Gasteiger partial charge in [0.1, 0.15) is 0 Å². The molecule has 9 heteroatoms. The molecule has 0 amide bonds. The second kappa shape index (κ2) is 8.43. The van der Waals surface area contributed by atoms with Crippen LogP contribution in [0.15, 0.2) is 40.9 Å². The number of rotatable bonds is 6. The fourth-order valence-electron chi connectivity index (χ4n) is 3.52. The lowest BCUT2D eigenvalue weighted by molar-refractivity contribution is 0.272. The molecule has 2 aromatic heterocycles. The molecular weight excluding hydrogens is 399 g/mol. The lowest BCUT2D eigenvalue weighted by atomic mass is 10.2. The molecule has 0 spiro atoms. The number of benzene rings is 1. The number of hydrogen-bond donors (Lipinski definition) is 0. The largest absolute Gasteiger partial charge is 0.419 e. The Balaban J connectivity index is 1.40. The zero-order valence-electron chi connectivity index (χ0n) is 15.4. The Labute approximate surface area is 173 Å². The van der Waals surface area contributed by atoms with Gasteiger partial charge < -0.3 is 9.32 Å². The van der Waals surface area contributed by atoms with E-state index >= 15 is 0 Å². The van der Waals surface area contributed by atoms with Crippen LogP contribution in [0.25, 0.3) is 11.5 Å². The Bertz CT molecular complexity index is 935. The summed E-state index contributed by atoms with van der Waals surface area (Å²) in [5.74, 6) is 1.87. The Morgan fingerprint density at radius 1 is 1.21 bits per heavy atom. The summed E-state index contributed by atoms with van der Waals surface area (Å²) in [5.41, 5.74) is 0.678. The van der Waals surface area contributed by atoms with Crippen molar-refractivity contribution < 1.29 is 4.42 Å². The number of halogens is 2. The van der Waals surface area contributed by atoms with Crippen LogP contribution >= 0.6 is 23.2 Å². The second-order valence-corrected chi connectivity index (χ2v) is 7.74. The predicted molar refractivity (Wildman–Crippen MR) is 108 cm³/mol. The van der Waals surface area contributed by atoms with E-state index in [0.29, 0.717) is 40.0 Å². The number of hydrogen-bond acceptors (Lipinski definition) is 7. The van der Waals surface area contributed by atoms with Crippen LogP contribution in [0.1, 0.15) is 18.7 Å². The lowest BCUT2D eigenvalue weighted by Gasteiger charge is -2.28. The number of anilines is 1.